The average Bonchev–Trinajstić information content (AvgIpc) is 2.06. The molecular weight excluding hydrogens is 156 g/mol. The highest BCUT2D eigenvalue weighted by Gasteiger charge is 1.98. The number of carbonyl (C=O) groups excluding carboxylic acids is 1. The van der Waals surface area contributed by atoms with E-state index in [1.165, 1.54) is 0 Å². The topological polar surface area (TPSA) is 51.2 Å². The molecule has 4 nitrogen and oxygen atoms in total. The van der Waals surface area contributed by atoms with Crippen LogP contribution in [0, 0.1) is 0 Å². The first kappa shape index (κ1) is 8.26. The second-order valence-corrected chi connectivity index (χ2v) is 1.93. The Morgan fingerprint density at radius 2 is 2.25 bits per heavy atom. The molecule has 62 valence electrons. The van der Waals surface area contributed by atoms with Crippen molar-refractivity contribution < 1.29 is 9.53 Å². The molecule has 1 heterocycles. The fourth-order valence-electron chi connectivity index (χ4n) is 0.658. The number of carbonyl (C=O) groups is 1. The molecule has 0 aromatic carbocycles. The predicted octanol–water partition coefficient (Wildman–Crippen LogP) is 1.77. The van der Waals surface area contributed by atoms with Crippen LogP contribution in [0.1, 0.15) is 0 Å². The molecule has 1 N–H and O–H groups in total. The number of nitrogens with one attached hydrogen (secondary N) is 1. The first-order valence-corrected chi connectivity index (χ1v) is 3.31. The third-order valence-corrected chi connectivity index (χ3v) is 1.12. The Morgan fingerprint density at radius 1 is 1.58 bits per heavy atom. The number of ether oxygens (including phenoxy) is 1. The van der Waals surface area contributed by atoms with Gasteiger partial charge in [-0.3, -0.25) is 10.3 Å². The first-order chi connectivity index (χ1) is 5.83. The highest BCUT2D eigenvalue weighted by atomic mass is 16.5. The van der Waals surface area contributed by atoms with Gasteiger partial charge in [0, 0.05) is 18.1 Å². The Hall–Kier alpha value is -1.84. The van der Waals surface area contributed by atoms with Gasteiger partial charge in [-0.15, -0.1) is 0 Å². The summed E-state index contributed by atoms with van der Waals surface area (Å²) in [5.74, 6) is 0. The molecule has 0 unspecified atom stereocenters. The number of nitrogens with zero attached hydrogens (tertiary/aromatic N) is 1. The molecule has 1 aromatic rings. The van der Waals surface area contributed by atoms with Gasteiger partial charge in [-0.2, -0.15) is 0 Å². The van der Waals surface area contributed by atoms with E-state index in [4.69, 9.17) is 0 Å². The number of anilines is 1. The van der Waals surface area contributed by atoms with Gasteiger partial charge < -0.3 is 4.74 Å². The lowest BCUT2D eigenvalue weighted by atomic mass is 10.4. The first-order valence-electron chi connectivity index (χ1n) is 3.31. The van der Waals surface area contributed by atoms with Crippen LogP contribution in [0.15, 0.2) is 37.4 Å². The molecule has 1 rings (SSSR count). The van der Waals surface area contributed by atoms with Crippen molar-refractivity contribution in [2.75, 3.05) is 5.32 Å². The SMILES string of the molecule is C=COC(=O)Nc1ccncc1. The fraction of sp³-hybridized carbons (Fsp3) is 0. The molecule has 1 aromatic heterocycles. The van der Waals surface area contributed by atoms with Crippen LogP contribution < -0.4 is 5.32 Å². The molecule has 0 aliphatic heterocycles. The summed E-state index contributed by atoms with van der Waals surface area (Å²) in [7, 11) is 0. The van der Waals surface area contributed by atoms with Gasteiger partial charge in [0.05, 0.1) is 6.26 Å². The Labute approximate surface area is 69.9 Å². The third kappa shape index (κ3) is 2.42. The zero-order valence-electron chi connectivity index (χ0n) is 6.36. The van der Waals surface area contributed by atoms with Crippen molar-refractivity contribution in [1.29, 1.82) is 0 Å². The van der Waals surface area contributed by atoms with Crippen molar-refractivity contribution in [3.05, 3.63) is 37.4 Å². The third-order valence-electron chi connectivity index (χ3n) is 1.12. The standard InChI is InChI=1S/C8H8N2O2/c1-2-12-8(11)10-7-3-5-9-6-4-7/h2-6H,1H2,(H,9,10,11). The zero-order valence-corrected chi connectivity index (χ0v) is 6.36. The van der Waals surface area contributed by atoms with E-state index in [1.54, 1.807) is 24.5 Å². The molecule has 0 saturated heterocycles. The van der Waals surface area contributed by atoms with Gasteiger partial charge in [0.2, 0.25) is 0 Å². The molecule has 0 radical (unpaired) electrons. The molecule has 0 aliphatic rings. The zero-order chi connectivity index (χ0) is 8.81. The van der Waals surface area contributed by atoms with Gasteiger partial charge in [0.1, 0.15) is 0 Å². The second kappa shape index (κ2) is 4.12. The van der Waals surface area contributed by atoms with Gasteiger partial charge in [0.25, 0.3) is 0 Å². The van der Waals surface area contributed by atoms with E-state index in [0.29, 0.717) is 5.69 Å². The van der Waals surface area contributed by atoms with Crippen molar-refractivity contribution in [3.63, 3.8) is 0 Å². The monoisotopic (exact) mass is 164 g/mol. The van der Waals surface area contributed by atoms with E-state index >= 15 is 0 Å². The summed E-state index contributed by atoms with van der Waals surface area (Å²) in [6.45, 7) is 3.25. The lowest BCUT2D eigenvalue weighted by Gasteiger charge is -2.01. The highest BCUT2D eigenvalue weighted by molar-refractivity contribution is 5.84. The minimum atomic E-state index is -0.559. The van der Waals surface area contributed by atoms with Crippen LogP contribution in [-0.4, -0.2) is 11.1 Å². The van der Waals surface area contributed by atoms with Crippen molar-refractivity contribution in [1.82, 2.24) is 4.98 Å². The fourth-order valence-corrected chi connectivity index (χ4v) is 0.658. The summed E-state index contributed by atoms with van der Waals surface area (Å²) in [5.41, 5.74) is 0.636. The molecule has 0 saturated carbocycles. The summed E-state index contributed by atoms with van der Waals surface area (Å²) in [4.78, 5) is 14.6. The van der Waals surface area contributed by atoms with Gasteiger partial charge in [-0.05, 0) is 12.1 Å². The molecule has 0 fully saturated rings. The molecule has 1 amide bonds. The van der Waals surface area contributed by atoms with Crippen molar-refractivity contribution in [3.8, 4) is 0 Å². The van der Waals surface area contributed by atoms with Crippen molar-refractivity contribution >= 4 is 11.8 Å². The van der Waals surface area contributed by atoms with E-state index < -0.39 is 6.09 Å². The number of amides is 1. The van der Waals surface area contributed by atoms with Gasteiger partial charge >= 0.3 is 6.09 Å². The molecule has 4 heteroatoms. The summed E-state index contributed by atoms with van der Waals surface area (Å²) in [5, 5.41) is 2.47. The van der Waals surface area contributed by atoms with Crippen molar-refractivity contribution in [2.24, 2.45) is 0 Å². The Balaban J connectivity index is 2.52. The largest absolute Gasteiger partial charge is 0.419 e. The summed E-state index contributed by atoms with van der Waals surface area (Å²) < 4.78 is 4.44. The maximum Gasteiger partial charge on any atom is 0.416 e. The van der Waals surface area contributed by atoms with Crippen LogP contribution in [0.5, 0.6) is 0 Å². The number of aromatic nitrogens is 1. The van der Waals surface area contributed by atoms with Crippen LogP contribution in [0.4, 0.5) is 10.5 Å². The van der Waals surface area contributed by atoms with E-state index in [9.17, 15) is 4.79 Å². The normalized spacial score (nSPS) is 8.67. The van der Waals surface area contributed by atoms with Crippen LogP contribution in [0.3, 0.4) is 0 Å². The average molecular weight is 164 g/mol. The van der Waals surface area contributed by atoms with E-state index in [0.717, 1.165) is 6.26 Å². The summed E-state index contributed by atoms with van der Waals surface area (Å²) >= 11 is 0. The Bertz CT molecular complexity index is 272. The Morgan fingerprint density at radius 3 is 2.83 bits per heavy atom. The molecule has 0 aliphatic carbocycles. The van der Waals surface area contributed by atoms with Crippen LogP contribution in [0.25, 0.3) is 0 Å². The number of hydrogen-bond acceptors (Lipinski definition) is 3. The number of hydrogen-bond donors (Lipinski definition) is 1. The molecule has 0 atom stereocenters. The number of rotatable bonds is 2. The van der Waals surface area contributed by atoms with Gasteiger partial charge in [-0.1, -0.05) is 6.58 Å². The predicted molar refractivity (Wildman–Crippen MR) is 44.5 cm³/mol. The van der Waals surface area contributed by atoms with Crippen LogP contribution in [0.2, 0.25) is 0 Å². The van der Waals surface area contributed by atoms with Crippen molar-refractivity contribution in [2.45, 2.75) is 0 Å². The second-order valence-electron chi connectivity index (χ2n) is 1.93. The van der Waals surface area contributed by atoms with E-state index in [1.807, 2.05) is 0 Å². The molecule has 0 bridgehead atoms. The maximum absolute atomic E-state index is 10.8. The highest BCUT2D eigenvalue weighted by Crippen LogP contribution is 2.03. The Kier molecular flexibility index (Phi) is 2.84. The summed E-state index contributed by atoms with van der Waals surface area (Å²) in [6.07, 6.45) is 3.65. The minimum absolute atomic E-state index is 0.559. The minimum Gasteiger partial charge on any atom is -0.419 e. The smallest absolute Gasteiger partial charge is 0.416 e. The van der Waals surface area contributed by atoms with Gasteiger partial charge in [0.15, 0.2) is 0 Å². The van der Waals surface area contributed by atoms with Crippen LogP contribution in [-0.2, 0) is 4.74 Å². The molecular formula is C8H8N2O2. The quantitative estimate of drug-likeness (QED) is 0.678. The number of pyridine rings is 1. The maximum atomic E-state index is 10.8. The lowest BCUT2D eigenvalue weighted by Crippen LogP contribution is -2.10. The van der Waals surface area contributed by atoms with Crippen LogP contribution >= 0.6 is 0 Å². The summed E-state index contributed by atoms with van der Waals surface area (Å²) in [6, 6.07) is 3.31. The van der Waals surface area contributed by atoms with E-state index in [2.05, 4.69) is 21.6 Å². The lowest BCUT2D eigenvalue weighted by molar-refractivity contribution is 0.201. The molecule has 0 spiro atoms. The van der Waals surface area contributed by atoms with E-state index in [-0.39, 0.29) is 0 Å². The molecule has 12 heavy (non-hydrogen) atoms. The van der Waals surface area contributed by atoms with Gasteiger partial charge in [-0.25, -0.2) is 4.79 Å².